The fourth-order valence-corrected chi connectivity index (χ4v) is 1.79. The standard InChI is InChI=1S/C16H23F3N2O2/c1-10(13(20)22)9-11-5-6-12(16(17,18)19)21-14(11)23-8-7-15(2,3)4/h5-6,10H,7-9H2,1-4H3,(H2,20,22). The Kier molecular flexibility index (Phi) is 6.02. The molecule has 130 valence electrons. The highest BCUT2D eigenvalue weighted by Crippen LogP contribution is 2.31. The van der Waals surface area contributed by atoms with E-state index in [1.54, 1.807) is 6.92 Å². The molecule has 2 N–H and O–H groups in total. The molecule has 23 heavy (non-hydrogen) atoms. The summed E-state index contributed by atoms with van der Waals surface area (Å²) in [7, 11) is 0. The summed E-state index contributed by atoms with van der Waals surface area (Å²) >= 11 is 0. The normalized spacial score (nSPS) is 13.7. The summed E-state index contributed by atoms with van der Waals surface area (Å²) in [5, 5.41) is 0. The molecule has 1 amide bonds. The summed E-state index contributed by atoms with van der Waals surface area (Å²) < 4.78 is 43.9. The maximum atomic E-state index is 12.8. The van der Waals surface area contributed by atoms with Gasteiger partial charge < -0.3 is 10.5 Å². The molecule has 1 aromatic rings. The molecule has 1 aromatic heterocycles. The van der Waals surface area contributed by atoms with Gasteiger partial charge in [0.15, 0.2) is 0 Å². The second kappa shape index (κ2) is 7.19. The molecule has 0 aliphatic heterocycles. The average molecular weight is 332 g/mol. The van der Waals surface area contributed by atoms with Crippen molar-refractivity contribution >= 4 is 5.91 Å². The molecule has 0 fully saturated rings. The van der Waals surface area contributed by atoms with Crippen LogP contribution < -0.4 is 10.5 Å². The molecular weight excluding hydrogens is 309 g/mol. The van der Waals surface area contributed by atoms with Gasteiger partial charge in [0.2, 0.25) is 11.8 Å². The van der Waals surface area contributed by atoms with Crippen molar-refractivity contribution in [3.8, 4) is 5.88 Å². The lowest BCUT2D eigenvalue weighted by Gasteiger charge is -2.19. The van der Waals surface area contributed by atoms with Crippen LogP contribution in [0.5, 0.6) is 5.88 Å². The number of amides is 1. The Hall–Kier alpha value is -1.79. The van der Waals surface area contributed by atoms with Gasteiger partial charge in [0, 0.05) is 11.5 Å². The van der Waals surface area contributed by atoms with Gasteiger partial charge in [0.05, 0.1) is 6.61 Å². The molecule has 1 atom stereocenters. The number of pyridine rings is 1. The molecule has 0 aromatic carbocycles. The third-order valence-corrected chi connectivity index (χ3v) is 3.33. The lowest BCUT2D eigenvalue weighted by molar-refractivity contribution is -0.141. The van der Waals surface area contributed by atoms with Crippen molar-refractivity contribution in [1.82, 2.24) is 4.98 Å². The lowest BCUT2D eigenvalue weighted by atomic mass is 9.93. The van der Waals surface area contributed by atoms with Crippen molar-refractivity contribution in [3.63, 3.8) is 0 Å². The molecule has 0 radical (unpaired) electrons. The van der Waals surface area contributed by atoms with E-state index in [-0.39, 0.29) is 24.3 Å². The van der Waals surface area contributed by atoms with Crippen LogP contribution >= 0.6 is 0 Å². The first kappa shape index (κ1) is 19.3. The van der Waals surface area contributed by atoms with Crippen LogP contribution in [0.3, 0.4) is 0 Å². The Balaban J connectivity index is 3.01. The number of hydrogen-bond donors (Lipinski definition) is 1. The second-order valence-electron chi connectivity index (χ2n) is 6.83. The largest absolute Gasteiger partial charge is 0.477 e. The van der Waals surface area contributed by atoms with Crippen LogP contribution in [0.25, 0.3) is 0 Å². The van der Waals surface area contributed by atoms with Gasteiger partial charge in [-0.15, -0.1) is 0 Å². The van der Waals surface area contributed by atoms with Gasteiger partial charge in [-0.3, -0.25) is 4.79 Å². The number of aromatic nitrogens is 1. The maximum absolute atomic E-state index is 12.8. The molecule has 0 saturated heterocycles. The molecule has 1 rings (SSSR count). The monoisotopic (exact) mass is 332 g/mol. The van der Waals surface area contributed by atoms with Crippen LogP contribution in [0.4, 0.5) is 13.2 Å². The van der Waals surface area contributed by atoms with E-state index < -0.39 is 23.7 Å². The fraction of sp³-hybridized carbons (Fsp3) is 0.625. The van der Waals surface area contributed by atoms with Crippen LogP contribution in [0, 0.1) is 11.3 Å². The summed E-state index contributed by atoms with van der Waals surface area (Å²) in [6.07, 6.45) is -3.70. The minimum atomic E-state index is -4.55. The molecule has 7 heteroatoms. The van der Waals surface area contributed by atoms with E-state index in [0.717, 1.165) is 6.07 Å². The van der Waals surface area contributed by atoms with E-state index in [1.165, 1.54) is 6.07 Å². The number of carbonyl (C=O) groups is 1. The van der Waals surface area contributed by atoms with Crippen LogP contribution in [0.1, 0.15) is 45.4 Å². The first-order valence-corrected chi connectivity index (χ1v) is 7.39. The van der Waals surface area contributed by atoms with Gasteiger partial charge in [-0.25, -0.2) is 4.98 Å². The quantitative estimate of drug-likeness (QED) is 0.866. The third kappa shape index (κ3) is 6.46. The van der Waals surface area contributed by atoms with Crippen molar-refractivity contribution in [3.05, 3.63) is 23.4 Å². The van der Waals surface area contributed by atoms with Gasteiger partial charge in [-0.1, -0.05) is 33.8 Å². The number of primary amides is 1. The van der Waals surface area contributed by atoms with Gasteiger partial charge in [-0.2, -0.15) is 13.2 Å². The van der Waals surface area contributed by atoms with Gasteiger partial charge in [0.1, 0.15) is 5.69 Å². The van der Waals surface area contributed by atoms with E-state index >= 15 is 0 Å². The summed E-state index contributed by atoms with van der Waals surface area (Å²) in [6, 6.07) is 2.18. The number of halogens is 3. The van der Waals surface area contributed by atoms with E-state index in [0.29, 0.717) is 12.0 Å². The zero-order valence-corrected chi connectivity index (χ0v) is 13.8. The van der Waals surface area contributed by atoms with E-state index in [1.807, 2.05) is 20.8 Å². The zero-order valence-electron chi connectivity index (χ0n) is 13.8. The first-order valence-electron chi connectivity index (χ1n) is 7.39. The van der Waals surface area contributed by atoms with Crippen LogP contribution in [-0.2, 0) is 17.4 Å². The van der Waals surface area contributed by atoms with Crippen molar-refractivity contribution in [1.29, 1.82) is 0 Å². The van der Waals surface area contributed by atoms with Crippen molar-refractivity contribution in [2.75, 3.05) is 6.61 Å². The maximum Gasteiger partial charge on any atom is 0.433 e. The highest BCUT2D eigenvalue weighted by Gasteiger charge is 2.33. The van der Waals surface area contributed by atoms with Gasteiger partial charge in [-0.05, 0) is 24.3 Å². The highest BCUT2D eigenvalue weighted by atomic mass is 19.4. The number of nitrogens with two attached hydrogens (primary N) is 1. The van der Waals surface area contributed by atoms with Crippen molar-refractivity contribution in [2.24, 2.45) is 17.1 Å². The second-order valence-corrected chi connectivity index (χ2v) is 6.83. The van der Waals surface area contributed by atoms with Gasteiger partial charge >= 0.3 is 6.18 Å². The molecule has 0 spiro atoms. The molecule has 0 saturated carbocycles. The highest BCUT2D eigenvalue weighted by molar-refractivity contribution is 5.76. The Morgan fingerprint density at radius 1 is 1.30 bits per heavy atom. The number of alkyl halides is 3. The Morgan fingerprint density at radius 3 is 2.39 bits per heavy atom. The van der Waals surface area contributed by atoms with Crippen LogP contribution in [0.2, 0.25) is 0 Å². The van der Waals surface area contributed by atoms with Gasteiger partial charge in [0.25, 0.3) is 0 Å². The van der Waals surface area contributed by atoms with Crippen LogP contribution in [-0.4, -0.2) is 17.5 Å². The minimum Gasteiger partial charge on any atom is -0.477 e. The Bertz CT molecular complexity index is 551. The molecule has 4 nitrogen and oxygen atoms in total. The van der Waals surface area contributed by atoms with Crippen LogP contribution in [0.15, 0.2) is 12.1 Å². The summed E-state index contributed by atoms with van der Waals surface area (Å²) in [5.74, 6) is -1.12. The number of nitrogens with zero attached hydrogens (tertiary/aromatic N) is 1. The summed E-state index contributed by atoms with van der Waals surface area (Å²) in [4.78, 5) is 14.7. The minimum absolute atomic E-state index is 0.0116. The zero-order chi connectivity index (χ0) is 17.8. The average Bonchev–Trinajstić information content (AvgIpc) is 2.37. The third-order valence-electron chi connectivity index (χ3n) is 3.33. The molecule has 1 heterocycles. The molecule has 1 unspecified atom stereocenters. The molecule has 0 bridgehead atoms. The lowest BCUT2D eigenvalue weighted by Crippen LogP contribution is -2.23. The first-order chi connectivity index (χ1) is 10.4. The Labute approximate surface area is 134 Å². The van der Waals surface area contributed by atoms with E-state index in [2.05, 4.69) is 4.98 Å². The number of carbonyl (C=O) groups excluding carboxylic acids is 1. The topological polar surface area (TPSA) is 65.2 Å². The smallest absolute Gasteiger partial charge is 0.433 e. The van der Waals surface area contributed by atoms with E-state index in [4.69, 9.17) is 10.5 Å². The SMILES string of the molecule is CC(Cc1ccc(C(F)(F)F)nc1OCCC(C)(C)C)C(N)=O. The van der Waals surface area contributed by atoms with Crippen molar-refractivity contribution in [2.45, 2.75) is 46.7 Å². The molecule has 0 aliphatic carbocycles. The summed E-state index contributed by atoms with van der Waals surface area (Å²) in [5.41, 5.74) is 4.63. The van der Waals surface area contributed by atoms with Crippen molar-refractivity contribution < 1.29 is 22.7 Å². The van der Waals surface area contributed by atoms with E-state index in [9.17, 15) is 18.0 Å². The Morgan fingerprint density at radius 2 is 1.91 bits per heavy atom. The number of ether oxygens (including phenoxy) is 1. The summed E-state index contributed by atoms with van der Waals surface area (Å²) in [6.45, 7) is 7.87. The predicted octanol–water partition coefficient (Wildman–Crippen LogP) is 3.58. The predicted molar refractivity (Wildman–Crippen MR) is 80.9 cm³/mol. The molecule has 0 aliphatic rings. The number of rotatable bonds is 6. The molecular formula is C16H23F3N2O2. The number of hydrogen-bond acceptors (Lipinski definition) is 3. The fourth-order valence-electron chi connectivity index (χ4n) is 1.79.